The van der Waals surface area contributed by atoms with Crippen LogP contribution in [-0.4, -0.2) is 50.3 Å². The van der Waals surface area contributed by atoms with E-state index in [1.54, 1.807) is 34.6 Å². The molecule has 0 bridgehead atoms. The molecule has 8 nitrogen and oxygen atoms in total. The molecule has 0 heterocycles. The van der Waals surface area contributed by atoms with Crippen molar-refractivity contribution in [1.29, 1.82) is 0 Å². The van der Waals surface area contributed by atoms with Gasteiger partial charge in [-0.3, -0.25) is 19.2 Å². The summed E-state index contributed by atoms with van der Waals surface area (Å²) in [4.78, 5) is 53.1. The largest absolute Gasteiger partial charge is 0.465 e. The summed E-state index contributed by atoms with van der Waals surface area (Å²) in [5.41, 5.74) is -2.68. The van der Waals surface area contributed by atoms with Crippen LogP contribution in [0.15, 0.2) is 11.1 Å². The third kappa shape index (κ3) is 3.31. The fourth-order valence-corrected chi connectivity index (χ4v) is 6.79. The molecule has 1 spiro atoms. The predicted molar refractivity (Wildman–Crippen MR) is 118 cm³/mol. The Labute approximate surface area is 195 Å². The summed E-state index contributed by atoms with van der Waals surface area (Å²) in [5, 5.41) is 0. The lowest BCUT2D eigenvalue weighted by Gasteiger charge is -2.38. The summed E-state index contributed by atoms with van der Waals surface area (Å²) in [6, 6.07) is 0. The Morgan fingerprint density at radius 3 is 1.64 bits per heavy atom. The zero-order valence-corrected chi connectivity index (χ0v) is 20.6. The van der Waals surface area contributed by atoms with Crippen molar-refractivity contribution in [3.05, 3.63) is 11.1 Å². The van der Waals surface area contributed by atoms with Gasteiger partial charge in [-0.25, -0.2) is 0 Å². The highest BCUT2D eigenvalue weighted by molar-refractivity contribution is 6.05. The van der Waals surface area contributed by atoms with E-state index in [1.165, 1.54) is 0 Å². The summed E-state index contributed by atoms with van der Waals surface area (Å²) >= 11 is 0. The van der Waals surface area contributed by atoms with Gasteiger partial charge in [-0.05, 0) is 77.7 Å². The van der Waals surface area contributed by atoms with Gasteiger partial charge in [0.25, 0.3) is 0 Å². The van der Waals surface area contributed by atoms with Crippen molar-refractivity contribution in [3.63, 3.8) is 0 Å². The van der Waals surface area contributed by atoms with Crippen LogP contribution in [0.1, 0.15) is 73.6 Å². The Morgan fingerprint density at radius 1 is 0.727 bits per heavy atom. The maximum Gasteiger partial charge on any atom is 0.327 e. The van der Waals surface area contributed by atoms with Crippen LogP contribution < -0.4 is 0 Å². The van der Waals surface area contributed by atoms with Crippen LogP contribution in [0.4, 0.5) is 0 Å². The highest BCUT2D eigenvalue weighted by Crippen LogP contribution is 2.77. The molecular weight excluding hydrogens is 428 g/mol. The number of ether oxygens (including phenoxy) is 4. The standard InChI is InChI=1S/C25H36O8/c1-7-30-18(26)23(19(27)31-8-2)13-22(6)12-11-17-16(5)25(20(28)32-9-3,21(29)33-10-4)15-24(17,22)14-23/h7-15H2,1-6H3/t22-,24?/m1/s1. The molecule has 3 aliphatic rings. The lowest BCUT2D eigenvalue weighted by Crippen LogP contribution is -2.45. The molecule has 0 amide bonds. The van der Waals surface area contributed by atoms with Gasteiger partial charge in [0, 0.05) is 5.41 Å². The van der Waals surface area contributed by atoms with E-state index in [4.69, 9.17) is 18.9 Å². The van der Waals surface area contributed by atoms with Crippen molar-refractivity contribution in [2.75, 3.05) is 26.4 Å². The van der Waals surface area contributed by atoms with Gasteiger partial charge in [-0.15, -0.1) is 0 Å². The Kier molecular flexibility index (Phi) is 6.70. The summed E-state index contributed by atoms with van der Waals surface area (Å²) in [6.45, 7) is 11.2. The minimum absolute atomic E-state index is 0.121. The zero-order valence-electron chi connectivity index (χ0n) is 20.6. The molecule has 33 heavy (non-hydrogen) atoms. The highest BCUT2D eigenvalue weighted by Gasteiger charge is 2.76. The molecule has 2 saturated carbocycles. The number of carbonyl (C=O) groups is 4. The number of esters is 4. The third-order valence-electron chi connectivity index (χ3n) is 8.20. The van der Waals surface area contributed by atoms with E-state index in [0.717, 1.165) is 12.0 Å². The molecule has 0 aromatic heterocycles. The van der Waals surface area contributed by atoms with Gasteiger partial charge in [-0.1, -0.05) is 12.5 Å². The first-order valence-electron chi connectivity index (χ1n) is 11.9. The second-order valence-electron chi connectivity index (χ2n) is 9.65. The number of rotatable bonds is 8. The van der Waals surface area contributed by atoms with Crippen molar-refractivity contribution < 1.29 is 38.1 Å². The van der Waals surface area contributed by atoms with E-state index in [-0.39, 0.29) is 45.7 Å². The Hall–Kier alpha value is -2.38. The van der Waals surface area contributed by atoms with E-state index in [0.29, 0.717) is 12.0 Å². The number of hydrogen-bond acceptors (Lipinski definition) is 8. The van der Waals surface area contributed by atoms with Crippen LogP contribution >= 0.6 is 0 Å². The molecular formula is C25H36O8. The fourth-order valence-electron chi connectivity index (χ4n) is 6.79. The van der Waals surface area contributed by atoms with Crippen molar-refractivity contribution >= 4 is 23.9 Å². The molecule has 2 atom stereocenters. The van der Waals surface area contributed by atoms with Gasteiger partial charge in [-0.2, -0.15) is 0 Å². The van der Waals surface area contributed by atoms with E-state index < -0.39 is 45.5 Å². The van der Waals surface area contributed by atoms with Crippen molar-refractivity contribution in [3.8, 4) is 0 Å². The van der Waals surface area contributed by atoms with E-state index >= 15 is 0 Å². The molecule has 0 aromatic carbocycles. The topological polar surface area (TPSA) is 105 Å². The Morgan fingerprint density at radius 2 is 1.18 bits per heavy atom. The molecule has 0 N–H and O–H groups in total. The van der Waals surface area contributed by atoms with Crippen LogP contribution in [0, 0.1) is 21.7 Å². The number of hydrogen-bond donors (Lipinski definition) is 0. The predicted octanol–water partition coefficient (Wildman–Crippen LogP) is 3.51. The number of carbonyl (C=O) groups excluding carboxylic acids is 4. The minimum Gasteiger partial charge on any atom is -0.465 e. The molecule has 3 rings (SSSR count). The van der Waals surface area contributed by atoms with Crippen molar-refractivity contribution in [2.24, 2.45) is 21.7 Å². The molecule has 3 aliphatic carbocycles. The van der Waals surface area contributed by atoms with Crippen LogP contribution in [0.2, 0.25) is 0 Å². The molecule has 0 aliphatic heterocycles. The van der Waals surface area contributed by atoms with E-state index in [9.17, 15) is 19.2 Å². The maximum atomic E-state index is 13.3. The highest BCUT2D eigenvalue weighted by atomic mass is 16.6. The lowest BCUT2D eigenvalue weighted by atomic mass is 9.64. The van der Waals surface area contributed by atoms with E-state index in [2.05, 4.69) is 0 Å². The van der Waals surface area contributed by atoms with Crippen LogP contribution in [0.25, 0.3) is 0 Å². The molecule has 1 unspecified atom stereocenters. The zero-order chi connectivity index (χ0) is 24.7. The smallest absolute Gasteiger partial charge is 0.327 e. The summed E-state index contributed by atoms with van der Waals surface area (Å²) in [5.74, 6) is -2.47. The van der Waals surface area contributed by atoms with Crippen LogP contribution in [0.5, 0.6) is 0 Å². The van der Waals surface area contributed by atoms with Gasteiger partial charge in [0.1, 0.15) is 0 Å². The summed E-state index contributed by atoms with van der Waals surface area (Å²) in [6.07, 6.45) is 1.93. The Bertz CT molecular complexity index is 851. The summed E-state index contributed by atoms with van der Waals surface area (Å²) < 4.78 is 21.5. The molecule has 0 saturated heterocycles. The second kappa shape index (κ2) is 8.76. The Balaban J connectivity index is 2.18. The van der Waals surface area contributed by atoms with Crippen LogP contribution in [-0.2, 0) is 38.1 Å². The average molecular weight is 465 g/mol. The molecule has 0 radical (unpaired) electrons. The first kappa shape index (κ1) is 25.2. The maximum absolute atomic E-state index is 13.3. The third-order valence-corrected chi connectivity index (χ3v) is 8.20. The molecule has 2 fully saturated rings. The van der Waals surface area contributed by atoms with Crippen molar-refractivity contribution in [1.82, 2.24) is 0 Å². The van der Waals surface area contributed by atoms with E-state index in [1.807, 2.05) is 6.92 Å². The first-order chi connectivity index (χ1) is 15.5. The van der Waals surface area contributed by atoms with Gasteiger partial charge in [0.05, 0.1) is 26.4 Å². The van der Waals surface area contributed by atoms with Crippen molar-refractivity contribution in [2.45, 2.75) is 73.6 Å². The quantitative estimate of drug-likeness (QED) is 0.233. The van der Waals surface area contributed by atoms with Gasteiger partial charge >= 0.3 is 23.9 Å². The molecule has 0 aromatic rings. The normalized spacial score (nSPS) is 28.7. The average Bonchev–Trinajstić information content (AvgIpc) is 3.28. The van der Waals surface area contributed by atoms with Gasteiger partial charge < -0.3 is 18.9 Å². The second-order valence-corrected chi connectivity index (χ2v) is 9.65. The monoisotopic (exact) mass is 464 g/mol. The molecule has 8 heteroatoms. The first-order valence-corrected chi connectivity index (χ1v) is 11.9. The summed E-state index contributed by atoms with van der Waals surface area (Å²) in [7, 11) is 0. The van der Waals surface area contributed by atoms with Gasteiger partial charge in [0.15, 0.2) is 10.8 Å². The van der Waals surface area contributed by atoms with Crippen LogP contribution in [0.3, 0.4) is 0 Å². The lowest BCUT2D eigenvalue weighted by molar-refractivity contribution is -0.172. The van der Waals surface area contributed by atoms with Gasteiger partial charge in [0.2, 0.25) is 0 Å². The molecule has 184 valence electrons. The SMILES string of the molecule is CCOC(=O)C1(C(=O)OCC)CC23CC(C(=O)OCC)(C(=O)OCC)C(C)=C2CC[C@]3(C)C1. The minimum atomic E-state index is -1.58. The fraction of sp³-hybridized carbons (Fsp3) is 0.760. The number of allylic oxidation sites excluding steroid dienone is 1.